The van der Waals surface area contributed by atoms with Gasteiger partial charge in [-0.15, -0.1) is 0 Å². The summed E-state index contributed by atoms with van der Waals surface area (Å²) in [5.41, 5.74) is 1.52. The molecular formula is C23H24N2O7. The molecule has 0 aliphatic carbocycles. The van der Waals surface area contributed by atoms with Gasteiger partial charge in [0.2, 0.25) is 11.8 Å². The standard InChI is InChI=1S/C23H24N2O7/c1-31-21(27)13-18-22(28)25-19(23(29)30)12-15-5-8-16(9-6-15)32-17-4-2-3-14(11-17)7-10-20(26)24-18/h2-6,8-9,11,18-19H,7,10,12-13H2,1H3,(H,24,26)(H,25,28)(H,29,30)/t18-,19-/m0/s1. The molecule has 2 aliphatic rings. The van der Waals surface area contributed by atoms with Crippen molar-refractivity contribution in [2.45, 2.75) is 37.8 Å². The number of benzene rings is 2. The van der Waals surface area contributed by atoms with Crippen molar-refractivity contribution in [3.05, 3.63) is 59.7 Å². The summed E-state index contributed by atoms with van der Waals surface area (Å²) in [4.78, 5) is 48.7. The van der Waals surface area contributed by atoms with E-state index in [1.165, 1.54) is 7.11 Å². The number of ether oxygens (including phenoxy) is 2. The Labute approximate surface area is 184 Å². The molecule has 2 aromatic rings. The van der Waals surface area contributed by atoms with Crippen LogP contribution in [0.5, 0.6) is 11.5 Å². The number of methoxy groups -OCH3 is 1. The first-order valence-electron chi connectivity index (χ1n) is 10.1. The number of carbonyl (C=O) groups excluding carboxylic acids is 3. The summed E-state index contributed by atoms with van der Waals surface area (Å²) in [6.07, 6.45) is 0.0333. The monoisotopic (exact) mass is 440 g/mol. The molecule has 2 aliphatic heterocycles. The Kier molecular flexibility index (Phi) is 7.43. The number of aliphatic carboxylic acids is 1. The highest BCUT2D eigenvalue weighted by molar-refractivity contribution is 5.93. The van der Waals surface area contributed by atoms with Gasteiger partial charge in [-0.1, -0.05) is 24.3 Å². The number of hydrogen-bond acceptors (Lipinski definition) is 6. The predicted molar refractivity (Wildman–Crippen MR) is 113 cm³/mol. The van der Waals surface area contributed by atoms with Gasteiger partial charge in [0, 0.05) is 12.8 Å². The molecule has 4 rings (SSSR count). The summed E-state index contributed by atoms with van der Waals surface area (Å²) in [5, 5.41) is 14.5. The zero-order chi connectivity index (χ0) is 23.1. The lowest BCUT2D eigenvalue weighted by Gasteiger charge is -2.21. The van der Waals surface area contributed by atoms with E-state index >= 15 is 0 Å². The Balaban J connectivity index is 1.91. The molecule has 0 spiro atoms. The average Bonchev–Trinajstić information content (AvgIpc) is 2.77. The Morgan fingerprint density at radius 3 is 2.47 bits per heavy atom. The zero-order valence-electron chi connectivity index (χ0n) is 17.5. The highest BCUT2D eigenvalue weighted by atomic mass is 16.5. The quantitative estimate of drug-likeness (QED) is 0.618. The van der Waals surface area contributed by atoms with Gasteiger partial charge >= 0.3 is 11.9 Å². The van der Waals surface area contributed by atoms with Gasteiger partial charge in [0.15, 0.2) is 0 Å². The molecule has 32 heavy (non-hydrogen) atoms. The van der Waals surface area contributed by atoms with Crippen molar-refractivity contribution in [2.75, 3.05) is 7.11 Å². The minimum absolute atomic E-state index is 0.00965. The molecule has 0 saturated carbocycles. The lowest BCUT2D eigenvalue weighted by molar-refractivity contribution is -0.144. The van der Waals surface area contributed by atoms with Crippen LogP contribution >= 0.6 is 0 Å². The molecule has 3 N–H and O–H groups in total. The molecule has 0 radical (unpaired) electrons. The summed E-state index contributed by atoms with van der Waals surface area (Å²) in [7, 11) is 1.17. The normalized spacial score (nSPS) is 19.2. The van der Waals surface area contributed by atoms with Crippen LogP contribution in [0.2, 0.25) is 0 Å². The number of carboxylic acid groups (broad SMARTS) is 1. The summed E-state index contributed by atoms with van der Waals surface area (Å²) in [6, 6.07) is 11.6. The molecule has 2 aromatic carbocycles. The number of esters is 1. The van der Waals surface area contributed by atoms with Gasteiger partial charge in [0.25, 0.3) is 0 Å². The van der Waals surface area contributed by atoms with E-state index in [4.69, 9.17) is 4.74 Å². The SMILES string of the molecule is COC(=O)C[C@@H]1NC(=O)CCc2cccc(c2)Oc2ccc(cc2)C[C@@H](C(=O)O)NC1=O. The van der Waals surface area contributed by atoms with Gasteiger partial charge in [-0.2, -0.15) is 0 Å². The molecular weight excluding hydrogens is 416 g/mol. The molecule has 9 heteroatoms. The number of hydrogen-bond donors (Lipinski definition) is 3. The van der Waals surface area contributed by atoms with E-state index in [2.05, 4.69) is 15.4 Å². The third-order valence-electron chi connectivity index (χ3n) is 5.00. The van der Waals surface area contributed by atoms with E-state index < -0.39 is 42.3 Å². The first-order valence-corrected chi connectivity index (χ1v) is 10.1. The van der Waals surface area contributed by atoms with Crippen molar-refractivity contribution in [3.63, 3.8) is 0 Å². The van der Waals surface area contributed by atoms with E-state index in [1.807, 2.05) is 18.2 Å². The summed E-state index contributed by atoms with van der Waals surface area (Å²) >= 11 is 0. The van der Waals surface area contributed by atoms with Crippen LogP contribution in [-0.4, -0.2) is 48.1 Å². The zero-order valence-corrected chi connectivity index (χ0v) is 17.5. The second kappa shape index (κ2) is 10.4. The van der Waals surface area contributed by atoms with Gasteiger partial charge in [-0.05, 0) is 41.8 Å². The van der Waals surface area contributed by atoms with Crippen LogP contribution in [0.15, 0.2) is 48.5 Å². The lowest BCUT2D eigenvalue weighted by atomic mass is 10.0. The third kappa shape index (κ3) is 6.31. The number of carbonyl (C=O) groups is 4. The first-order chi connectivity index (χ1) is 15.3. The number of aryl methyl sites for hydroxylation is 1. The van der Waals surface area contributed by atoms with E-state index in [1.54, 1.807) is 30.3 Å². The maximum atomic E-state index is 12.8. The molecule has 168 valence electrons. The summed E-state index contributed by atoms with van der Waals surface area (Å²) in [6.45, 7) is 0. The number of amides is 2. The lowest BCUT2D eigenvalue weighted by Crippen LogP contribution is -2.53. The third-order valence-corrected chi connectivity index (χ3v) is 5.00. The molecule has 4 bridgehead atoms. The minimum atomic E-state index is -1.26. The molecule has 9 nitrogen and oxygen atoms in total. The van der Waals surface area contributed by atoms with E-state index in [-0.39, 0.29) is 12.8 Å². The fraction of sp³-hybridized carbons (Fsp3) is 0.304. The van der Waals surface area contributed by atoms with Crippen molar-refractivity contribution in [3.8, 4) is 11.5 Å². The van der Waals surface area contributed by atoms with E-state index in [0.717, 1.165) is 5.56 Å². The van der Waals surface area contributed by atoms with Crippen LogP contribution in [0, 0.1) is 0 Å². The maximum absolute atomic E-state index is 12.8. The highest BCUT2D eigenvalue weighted by Gasteiger charge is 2.29. The van der Waals surface area contributed by atoms with Crippen LogP contribution in [0.25, 0.3) is 0 Å². The Bertz CT molecular complexity index is 1000. The smallest absolute Gasteiger partial charge is 0.326 e. The Morgan fingerprint density at radius 2 is 1.78 bits per heavy atom. The number of rotatable bonds is 3. The second-order valence-electron chi connectivity index (χ2n) is 7.40. The molecule has 0 aromatic heterocycles. The van der Waals surface area contributed by atoms with Crippen molar-refractivity contribution in [1.29, 1.82) is 0 Å². The highest BCUT2D eigenvalue weighted by Crippen LogP contribution is 2.23. The van der Waals surface area contributed by atoms with Crippen molar-refractivity contribution in [1.82, 2.24) is 10.6 Å². The van der Waals surface area contributed by atoms with Crippen molar-refractivity contribution < 1.29 is 33.8 Å². The fourth-order valence-electron chi connectivity index (χ4n) is 3.29. The number of carboxylic acids is 1. The number of fused-ring (bicyclic) bond motifs is 10. The maximum Gasteiger partial charge on any atom is 0.326 e. The number of nitrogens with one attached hydrogen (secondary N) is 2. The molecule has 2 amide bonds. The largest absolute Gasteiger partial charge is 0.480 e. The van der Waals surface area contributed by atoms with Crippen LogP contribution in [0.4, 0.5) is 0 Å². The van der Waals surface area contributed by atoms with Crippen LogP contribution < -0.4 is 15.4 Å². The fourth-order valence-corrected chi connectivity index (χ4v) is 3.29. The molecule has 2 atom stereocenters. The molecule has 0 fully saturated rings. The predicted octanol–water partition coefficient (Wildman–Crippen LogP) is 1.58. The van der Waals surface area contributed by atoms with Crippen LogP contribution in [-0.2, 0) is 36.8 Å². The summed E-state index contributed by atoms with van der Waals surface area (Å²) < 4.78 is 10.5. The van der Waals surface area contributed by atoms with Gasteiger partial charge in [0.1, 0.15) is 23.6 Å². The summed E-state index contributed by atoms with van der Waals surface area (Å²) in [5.74, 6) is -2.00. The molecule has 2 heterocycles. The minimum Gasteiger partial charge on any atom is -0.480 e. The second-order valence-corrected chi connectivity index (χ2v) is 7.40. The van der Waals surface area contributed by atoms with Crippen molar-refractivity contribution >= 4 is 23.8 Å². The van der Waals surface area contributed by atoms with Crippen LogP contribution in [0.3, 0.4) is 0 Å². The van der Waals surface area contributed by atoms with Gasteiger partial charge < -0.3 is 25.2 Å². The van der Waals surface area contributed by atoms with E-state index in [9.17, 15) is 24.3 Å². The average molecular weight is 440 g/mol. The topological polar surface area (TPSA) is 131 Å². The van der Waals surface area contributed by atoms with Gasteiger partial charge in [-0.25, -0.2) is 4.79 Å². The Hall–Kier alpha value is -3.88. The van der Waals surface area contributed by atoms with Crippen molar-refractivity contribution in [2.24, 2.45) is 0 Å². The first kappa shape index (κ1) is 22.8. The van der Waals surface area contributed by atoms with Gasteiger partial charge in [0.05, 0.1) is 13.5 Å². The molecule has 0 saturated heterocycles. The van der Waals surface area contributed by atoms with E-state index in [0.29, 0.717) is 23.5 Å². The Morgan fingerprint density at radius 1 is 1.03 bits per heavy atom. The molecule has 0 unspecified atom stereocenters. The van der Waals surface area contributed by atoms with Crippen LogP contribution in [0.1, 0.15) is 24.0 Å². The van der Waals surface area contributed by atoms with Gasteiger partial charge in [-0.3, -0.25) is 14.4 Å².